The van der Waals surface area contributed by atoms with Crippen molar-refractivity contribution in [3.05, 3.63) is 0 Å². The van der Waals surface area contributed by atoms with Crippen molar-refractivity contribution < 1.29 is 62.3 Å². The third-order valence-corrected chi connectivity index (χ3v) is 2.82. The monoisotopic (exact) mass is 334 g/mol. The molecule has 9 heteroatoms. The molecule has 0 radical (unpaired) electrons. The van der Waals surface area contributed by atoms with Crippen LogP contribution in [0.25, 0.3) is 0 Å². The molecule has 0 bridgehead atoms. The predicted octanol–water partition coefficient (Wildman–Crippen LogP) is -0.904. The Hall–Kier alpha value is 0.0100. The van der Waals surface area contributed by atoms with Gasteiger partial charge in [-0.15, -0.1) is 0 Å². The summed E-state index contributed by atoms with van der Waals surface area (Å²) < 4.78 is 25.2. The van der Waals surface area contributed by atoms with Gasteiger partial charge in [-0.1, -0.05) is 26.2 Å². The van der Waals surface area contributed by atoms with Gasteiger partial charge in [0.1, 0.15) is 0 Å². The van der Waals surface area contributed by atoms with Gasteiger partial charge in [-0.25, -0.2) is 4.21 Å². The largest absolute Gasteiger partial charge is 1.00 e. The number of hydrogen-bond acceptors (Lipinski definition) is 5. The topological polar surface area (TPSA) is 124 Å². The zero-order valence-electron chi connectivity index (χ0n) is 13.1. The van der Waals surface area contributed by atoms with E-state index in [0.717, 1.165) is 25.7 Å². The molecule has 0 aromatic rings. The molecule has 0 aromatic carbocycles. The van der Waals surface area contributed by atoms with Gasteiger partial charge in [0.15, 0.2) is 0 Å². The number of hydrogen-bond donors (Lipinski definition) is 2. The van der Waals surface area contributed by atoms with Gasteiger partial charge in [-0.2, -0.15) is 0 Å². The van der Waals surface area contributed by atoms with Gasteiger partial charge in [0.2, 0.25) is 0 Å². The predicted molar refractivity (Wildman–Crippen MR) is 72.7 cm³/mol. The zero-order chi connectivity index (χ0) is 16.2. The number of carboxylic acid groups (broad SMARTS) is 2. The molecule has 0 rings (SSSR count). The standard InChI is InChI=1S/C8H18O3S.C4H6O4.Na/c1-4-5-6-7-8(2,3)11-12(9)10;5-3(6)1-2-4(7)8;/h4-7H2,1-3H3,(H,9,10);1-2H2,(H,5,6)(H,7,8);/q;;+1/p-1. The average molecular weight is 334 g/mol. The number of unbranched alkanes of at least 4 members (excludes halogenated alkanes) is 2. The second kappa shape index (κ2) is 14.9. The van der Waals surface area contributed by atoms with E-state index < -0.39 is 28.9 Å². The van der Waals surface area contributed by atoms with Crippen LogP contribution in [0.1, 0.15) is 59.3 Å². The summed E-state index contributed by atoms with van der Waals surface area (Å²) >= 11 is -2.39. The van der Waals surface area contributed by atoms with Gasteiger partial charge in [-0.3, -0.25) is 13.8 Å². The van der Waals surface area contributed by atoms with Crippen LogP contribution >= 0.6 is 0 Å². The SMILES string of the molecule is CCCCCC(C)(C)OS(=O)[O-].O=C(O)CCC(=O)O.[Na+]. The molecule has 0 fully saturated rings. The van der Waals surface area contributed by atoms with Crippen molar-refractivity contribution in [1.29, 1.82) is 0 Å². The van der Waals surface area contributed by atoms with Crippen LogP contribution in [0.15, 0.2) is 0 Å². The van der Waals surface area contributed by atoms with Crippen molar-refractivity contribution in [3.63, 3.8) is 0 Å². The molecule has 1 unspecified atom stereocenters. The van der Waals surface area contributed by atoms with E-state index in [4.69, 9.17) is 14.4 Å². The molecule has 0 aliphatic carbocycles. The molecule has 0 heterocycles. The fourth-order valence-corrected chi connectivity index (χ4v) is 1.69. The number of rotatable bonds is 9. The Balaban J connectivity index is -0.000000317. The van der Waals surface area contributed by atoms with E-state index in [9.17, 15) is 18.4 Å². The van der Waals surface area contributed by atoms with E-state index in [2.05, 4.69) is 6.92 Å². The van der Waals surface area contributed by atoms with E-state index in [1.165, 1.54) is 0 Å². The third kappa shape index (κ3) is 25.3. The first-order valence-corrected chi connectivity index (χ1v) is 7.33. The molecule has 7 nitrogen and oxygen atoms in total. The molecule has 0 aliphatic heterocycles. The van der Waals surface area contributed by atoms with E-state index in [0.29, 0.717) is 0 Å². The molecule has 2 N–H and O–H groups in total. The van der Waals surface area contributed by atoms with Crippen LogP contribution in [0.3, 0.4) is 0 Å². The molecule has 0 amide bonds. The fourth-order valence-electron chi connectivity index (χ4n) is 1.24. The number of carbonyl (C=O) groups is 2. The molecule has 1 atom stereocenters. The van der Waals surface area contributed by atoms with Gasteiger partial charge < -0.3 is 14.8 Å². The van der Waals surface area contributed by atoms with E-state index >= 15 is 0 Å². The summed E-state index contributed by atoms with van der Waals surface area (Å²) in [7, 11) is 0. The maximum atomic E-state index is 10.2. The molecule has 120 valence electrons. The Labute approximate surface area is 150 Å². The van der Waals surface area contributed by atoms with Gasteiger partial charge in [-0.05, 0) is 20.3 Å². The summed E-state index contributed by atoms with van der Waals surface area (Å²) in [5.41, 5.74) is -0.540. The molecule has 0 saturated heterocycles. The van der Waals surface area contributed by atoms with Crippen molar-refractivity contribution in [3.8, 4) is 0 Å². The molecule has 0 spiro atoms. The zero-order valence-corrected chi connectivity index (χ0v) is 15.9. The minimum atomic E-state index is -2.39. The quantitative estimate of drug-likeness (QED) is 0.318. The Bertz CT molecular complexity index is 307. The minimum Gasteiger partial charge on any atom is -0.750 e. The smallest absolute Gasteiger partial charge is 0.750 e. The molecule has 21 heavy (non-hydrogen) atoms. The second-order valence-corrected chi connectivity index (χ2v) is 5.37. The van der Waals surface area contributed by atoms with E-state index in [1.54, 1.807) is 13.8 Å². The van der Waals surface area contributed by atoms with Gasteiger partial charge >= 0.3 is 41.5 Å². The Kier molecular flexibility index (Phi) is 18.4. The second-order valence-electron chi connectivity index (χ2n) is 4.79. The number of carboxylic acids is 2. The van der Waals surface area contributed by atoms with Crippen LogP contribution in [-0.4, -0.2) is 36.5 Å². The minimum absolute atomic E-state index is 0. The van der Waals surface area contributed by atoms with Gasteiger partial charge in [0.25, 0.3) is 0 Å². The first-order valence-electron chi connectivity index (χ1n) is 6.33. The van der Waals surface area contributed by atoms with Crippen molar-refractivity contribution in [2.45, 2.75) is 64.9 Å². The molecular weight excluding hydrogens is 311 g/mol. The first kappa shape index (κ1) is 25.9. The molecule has 0 aliphatic rings. The average Bonchev–Trinajstić information content (AvgIpc) is 2.25. The summed E-state index contributed by atoms with van der Waals surface area (Å²) in [4.78, 5) is 19.3. The molecule has 0 saturated carbocycles. The van der Waals surface area contributed by atoms with Crippen LogP contribution in [0, 0.1) is 0 Å². The van der Waals surface area contributed by atoms with Crippen LogP contribution < -0.4 is 29.6 Å². The normalized spacial score (nSPS) is 11.6. The van der Waals surface area contributed by atoms with Crippen LogP contribution in [-0.2, 0) is 25.1 Å². The van der Waals surface area contributed by atoms with Gasteiger partial charge in [0.05, 0.1) is 29.8 Å². The van der Waals surface area contributed by atoms with Crippen molar-refractivity contribution in [1.82, 2.24) is 0 Å². The summed E-state index contributed by atoms with van der Waals surface area (Å²) in [6, 6.07) is 0. The summed E-state index contributed by atoms with van der Waals surface area (Å²) in [5, 5.41) is 15.8. The third-order valence-electron chi connectivity index (χ3n) is 2.23. The van der Waals surface area contributed by atoms with E-state index in [-0.39, 0.29) is 42.4 Å². The van der Waals surface area contributed by atoms with Gasteiger partial charge in [0, 0.05) is 0 Å². The maximum absolute atomic E-state index is 10.2. The fraction of sp³-hybridized carbons (Fsp3) is 0.833. The first-order chi connectivity index (χ1) is 9.10. The van der Waals surface area contributed by atoms with Crippen molar-refractivity contribution >= 4 is 23.3 Å². The van der Waals surface area contributed by atoms with Crippen LogP contribution in [0.5, 0.6) is 0 Å². The maximum Gasteiger partial charge on any atom is 1.00 e. The molecular formula is C12H23NaO7S. The Morgan fingerprint density at radius 3 is 1.86 bits per heavy atom. The Morgan fingerprint density at radius 1 is 1.14 bits per heavy atom. The van der Waals surface area contributed by atoms with Crippen LogP contribution in [0.2, 0.25) is 0 Å². The van der Waals surface area contributed by atoms with Crippen molar-refractivity contribution in [2.75, 3.05) is 0 Å². The van der Waals surface area contributed by atoms with Crippen LogP contribution in [0.4, 0.5) is 0 Å². The Morgan fingerprint density at radius 2 is 1.57 bits per heavy atom. The summed E-state index contributed by atoms with van der Waals surface area (Å²) in [6.45, 7) is 5.69. The van der Waals surface area contributed by atoms with E-state index in [1.807, 2.05) is 0 Å². The van der Waals surface area contributed by atoms with Crippen molar-refractivity contribution in [2.24, 2.45) is 0 Å². The number of aliphatic carboxylic acids is 2. The molecule has 0 aromatic heterocycles. The summed E-state index contributed by atoms with van der Waals surface area (Å²) in [6.07, 6.45) is 3.47. The summed E-state index contributed by atoms with van der Waals surface area (Å²) in [5.74, 6) is -2.15.